The molecule has 0 bridgehead atoms. The van der Waals surface area contributed by atoms with E-state index in [-0.39, 0.29) is 40.5 Å². The Hall–Kier alpha value is -6.81. The highest BCUT2D eigenvalue weighted by Gasteiger charge is 2.56. The summed E-state index contributed by atoms with van der Waals surface area (Å²) >= 11 is 0. The molecule has 5 aliphatic heterocycles. The van der Waals surface area contributed by atoms with Crippen LogP contribution in [-0.4, -0.2) is 238 Å². The Bertz CT molecular complexity index is 2990. The number of likely N-dealkylation sites (tertiary alicyclic amines) is 1. The van der Waals surface area contributed by atoms with Gasteiger partial charge in [-0.3, -0.25) is 48.2 Å². The highest BCUT2D eigenvalue weighted by atomic mass is 16.7. The minimum absolute atomic E-state index is 0.0119. The minimum Gasteiger partial charge on any atom is -0.507 e. The second-order valence-electron chi connectivity index (χ2n) is 21.4. The average molecular weight is 1170 g/mol. The minimum atomic E-state index is -2.55. The SMILES string of the molecule is [3H]C1CC(=O)N(CC(=O)N[C@H](C(=O)NC(CO[C@@H]2O[C@H](C(=O)O)[C@@H](O)[C@H](O)[C@H]2O)C(=O)NCCNC(=O)[C@]2(O)Cc3c(O)c4c(c(O)c3[C@@H](O[C@@H]3C[C@H]5[C@H](O[C@@H]6[C@@H](OC)OCCN65)[C@H](C)O3)C2)C(=O)c2c(OC)cccc2C4=O)C(C)C)C1=O. The molecule has 2 aromatic carbocycles. The van der Waals surface area contributed by atoms with E-state index >= 15 is 0 Å². The van der Waals surface area contributed by atoms with Gasteiger partial charge in [0.2, 0.25) is 35.3 Å². The number of morpholine rings is 1. The predicted molar refractivity (Wildman–Crippen MR) is 273 cm³/mol. The fourth-order valence-corrected chi connectivity index (χ4v) is 11.6. The van der Waals surface area contributed by atoms with Crippen LogP contribution in [0.4, 0.5) is 0 Å². The van der Waals surface area contributed by atoms with Crippen molar-refractivity contribution in [1.82, 2.24) is 31.1 Å². The van der Waals surface area contributed by atoms with Crippen molar-refractivity contribution in [2.24, 2.45) is 5.92 Å². The number of hydrogen-bond donors (Lipinski definition) is 11. The Labute approximate surface area is 473 Å². The lowest BCUT2D eigenvalue weighted by atomic mass is 9.72. The van der Waals surface area contributed by atoms with E-state index in [0.29, 0.717) is 18.1 Å². The van der Waals surface area contributed by atoms with Crippen LogP contribution >= 0.6 is 0 Å². The predicted octanol–water partition coefficient (Wildman–Crippen LogP) is -3.93. The van der Waals surface area contributed by atoms with Crippen LogP contribution in [0.3, 0.4) is 0 Å². The molecule has 2 unspecified atom stereocenters. The number of benzene rings is 2. The van der Waals surface area contributed by atoms with Gasteiger partial charge >= 0.3 is 5.97 Å². The van der Waals surface area contributed by atoms with Gasteiger partial charge in [-0.1, -0.05) is 26.0 Å². The topological polar surface area (TPSA) is 424 Å². The quantitative estimate of drug-likeness (QED) is 0.0310. The number of fused-ring (bicyclic) bond motifs is 6. The normalized spacial score (nSPS) is 32.0. The van der Waals surface area contributed by atoms with Crippen molar-refractivity contribution in [3.63, 3.8) is 0 Å². The van der Waals surface area contributed by atoms with E-state index < -0.39 is 219 Å². The third-order valence-electron chi connectivity index (χ3n) is 15.8. The number of ketones is 2. The summed E-state index contributed by atoms with van der Waals surface area (Å²) in [4.78, 5) is 123. The summed E-state index contributed by atoms with van der Waals surface area (Å²) in [5, 5.41) is 87.3. The van der Waals surface area contributed by atoms with Gasteiger partial charge < -0.3 is 94.9 Å². The first-order valence-corrected chi connectivity index (χ1v) is 26.7. The summed E-state index contributed by atoms with van der Waals surface area (Å²) < 4.78 is 54.3. The van der Waals surface area contributed by atoms with Crippen LogP contribution in [0.1, 0.15) is 96.9 Å². The molecule has 9 rings (SSSR count). The van der Waals surface area contributed by atoms with Crippen LogP contribution in [0, 0.1) is 5.92 Å². The molecule has 0 spiro atoms. The number of aliphatic hydroxyl groups is 4. The summed E-state index contributed by atoms with van der Waals surface area (Å²) in [6, 6.07) is 0.587. The molecule has 6 amide bonds. The van der Waals surface area contributed by atoms with Crippen molar-refractivity contribution in [2.75, 3.05) is 53.6 Å². The first-order valence-electron chi connectivity index (χ1n) is 27.3. The number of nitrogens with zero attached hydrogens (tertiary/aromatic N) is 2. The summed E-state index contributed by atoms with van der Waals surface area (Å²) in [6.45, 7) is 2.76. The van der Waals surface area contributed by atoms with Gasteiger partial charge in [-0.15, -0.1) is 0 Å². The smallest absolute Gasteiger partial charge is 0.335 e. The molecule has 30 nitrogen and oxygen atoms in total. The van der Waals surface area contributed by atoms with Crippen LogP contribution in [0.2, 0.25) is 0 Å². The lowest BCUT2D eigenvalue weighted by Crippen LogP contribution is -2.62. The van der Waals surface area contributed by atoms with Crippen molar-refractivity contribution < 1.29 is 118 Å². The van der Waals surface area contributed by atoms with Crippen molar-refractivity contribution in [1.29, 1.82) is 0 Å². The Morgan fingerprint density at radius 1 is 0.880 bits per heavy atom. The number of carboxylic acids is 1. The molecular weight excluding hydrogens is 1100 g/mol. The first-order chi connectivity index (χ1) is 39.8. The third kappa shape index (κ3) is 11.6. The van der Waals surface area contributed by atoms with Crippen LogP contribution in [0.25, 0.3) is 0 Å². The van der Waals surface area contributed by atoms with Crippen LogP contribution < -0.4 is 26.0 Å². The molecule has 5 saturated heterocycles. The molecular formula is C53H66N6O24. The Kier molecular flexibility index (Phi) is 17.5. The molecule has 0 saturated carbocycles. The summed E-state index contributed by atoms with van der Waals surface area (Å²) in [5.41, 5.74) is -4.59. The molecule has 5 heterocycles. The highest BCUT2D eigenvalue weighted by Crippen LogP contribution is 2.53. The number of rotatable bonds is 19. The second kappa shape index (κ2) is 24.4. The highest BCUT2D eigenvalue weighted by molar-refractivity contribution is 6.31. The van der Waals surface area contributed by atoms with Gasteiger partial charge in [-0.05, 0) is 18.9 Å². The number of nitrogens with one attached hydrogen (secondary N) is 4. The van der Waals surface area contributed by atoms with Crippen molar-refractivity contribution >= 4 is 53.0 Å². The van der Waals surface area contributed by atoms with Gasteiger partial charge in [-0.25, -0.2) is 4.79 Å². The number of aliphatic carboxylic acids is 1. The van der Waals surface area contributed by atoms with Crippen molar-refractivity contribution in [3.05, 3.63) is 51.6 Å². The standard InChI is InChI=1S/C53H66N6O24/c1-20(2)36(57-28(60)18-59-29(61)9-10-30(59)62)47(71)56-24(19-79-50-43(69)41(67)42(68)45(83-50)49(72)73)46(70)54-11-12-55-52(74)53(75)16-23-33(40(66)35-34(38(23)64)37(63)22-7-6-8-26(76-4)32(22)39(35)65)27(17-53)81-31-15-25-44(21(3)80-31)82-48-51(77-5)78-14-13-58(25)48/h6-8,20-21,24-25,27,31,36,41-45,48,50-51,64,66-69,75H,9-19H2,1-5H3,(H,54,70)(H,55,74)(H,56,71)(H,57,60)(H,72,73)/t21-,24?,25-,27-,31+,36-,41-,42-,43+,44+,45-,48+,50+,51-,53-/m0/s1/i9T/t9?,21-,24?,25-,27-,31+,36-,41-,42-,43+,44+,45-,48+,50+,51-,53-. The number of carboxylic acid groups (broad SMARTS) is 1. The number of carbonyl (C=O) groups excluding carboxylic acids is 8. The molecule has 11 N–H and O–H groups in total. The zero-order valence-corrected chi connectivity index (χ0v) is 45.5. The van der Waals surface area contributed by atoms with E-state index in [2.05, 4.69) is 21.3 Å². The molecule has 5 fully saturated rings. The third-order valence-corrected chi connectivity index (χ3v) is 15.8. The molecule has 7 aliphatic rings. The molecule has 2 aromatic rings. The summed E-state index contributed by atoms with van der Waals surface area (Å²) in [7, 11) is 2.76. The van der Waals surface area contributed by atoms with E-state index in [0.717, 1.165) is 0 Å². The molecule has 30 heteroatoms. The fourth-order valence-electron chi connectivity index (χ4n) is 11.6. The van der Waals surface area contributed by atoms with Gasteiger partial charge in [0.05, 0.1) is 49.2 Å². The first kappa shape index (κ1) is 59.4. The van der Waals surface area contributed by atoms with Crippen molar-refractivity contribution in [3.8, 4) is 17.2 Å². The molecule has 2 aliphatic carbocycles. The van der Waals surface area contributed by atoms with E-state index in [4.69, 9.17) is 39.3 Å². The number of carbonyl (C=O) groups is 9. The number of aliphatic hydroxyl groups excluding tert-OH is 3. The number of hydrogen-bond acceptors (Lipinski definition) is 24. The lowest BCUT2D eigenvalue weighted by molar-refractivity contribution is -0.294. The maximum Gasteiger partial charge on any atom is 0.335 e. The molecule has 16 atom stereocenters. The van der Waals surface area contributed by atoms with Gasteiger partial charge in [0.25, 0.3) is 5.91 Å². The van der Waals surface area contributed by atoms with E-state index in [1.807, 2.05) is 4.90 Å². The molecule has 452 valence electrons. The maximum absolute atomic E-state index is 14.4. The molecule has 0 aromatic heterocycles. The largest absolute Gasteiger partial charge is 0.507 e. The van der Waals surface area contributed by atoms with E-state index in [1.54, 1.807) is 6.92 Å². The summed E-state index contributed by atoms with van der Waals surface area (Å²) in [5.74, 6) is -11.8. The van der Waals surface area contributed by atoms with Crippen LogP contribution in [0.5, 0.6) is 17.2 Å². The van der Waals surface area contributed by atoms with Crippen LogP contribution in [-0.2, 0) is 73.1 Å². The van der Waals surface area contributed by atoms with Gasteiger partial charge in [0.15, 0.2) is 37.0 Å². The van der Waals surface area contributed by atoms with Gasteiger partial charge in [0, 0.05) is 82.9 Å². The number of phenolic OH excluding ortho intramolecular Hbond substituents is 2. The van der Waals surface area contributed by atoms with Crippen LogP contribution in [0.15, 0.2) is 18.2 Å². The lowest BCUT2D eigenvalue weighted by Gasteiger charge is -2.43. The number of phenols is 2. The number of aromatic hydroxyl groups is 2. The molecule has 83 heavy (non-hydrogen) atoms. The van der Waals surface area contributed by atoms with E-state index in [9.17, 15) is 78.9 Å². The number of imide groups is 1. The number of amides is 6. The van der Waals surface area contributed by atoms with Crippen molar-refractivity contribution in [2.45, 2.75) is 144 Å². The Morgan fingerprint density at radius 2 is 1.60 bits per heavy atom. The average Bonchev–Trinajstić information content (AvgIpc) is 3.63. The number of ether oxygens (including phenoxy) is 8. The number of methoxy groups -OCH3 is 2. The van der Waals surface area contributed by atoms with E-state index in [1.165, 1.54) is 46.3 Å². The Morgan fingerprint density at radius 3 is 2.28 bits per heavy atom. The Balaban J connectivity index is 0.938. The second-order valence-corrected chi connectivity index (χ2v) is 21.4. The monoisotopic (exact) mass is 1170 g/mol. The maximum atomic E-state index is 14.4. The van der Waals surface area contributed by atoms with Gasteiger partial charge in [0.1, 0.15) is 65.9 Å². The molecule has 0 radical (unpaired) electrons. The van der Waals surface area contributed by atoms with Gasteiger partial charge in [-0.2, -0.15) is 0 Å². The summed E-state index contributed by atoms with van der Waals surface area (Å²) in [6.07, 6.45) is -18.7. The zero-order valence-electron chi connectivity index (χ0n) is 46.5. The zero-order chi connectivity index (χ0) is 61.0. The fraction of sp³-hybridized carbons (Fsp3) is 0.604.